The van der Waals surface area contributed by atoms with Crippen LogP contribution >= 0.6 is 0 Å². The first-order chi connectivity index (χ1) is 13.2. The SMILES string of the molecule is COC(=O)[C@@H](NC(=O)[C@H]1[C@H]2C[C@H](CN(C(C)=O)C2)c2cccc(=O)n21)C(C)C. The number of hydrogen-bond donors (Lipinski definition) is 1. The molecule has 1 fully saturated rings. The van der Waals surface area contributed by atoms with Crippen LogP contribution in [-0.2, 0) is 19.1 Å². The summed E-state index contributed by atoms with van der Waals surface area (Å²) in [5.41, 5.74) is 0.511. The van der Waals surface area contributed by atoms with Gasteiger partial charge in [-0.15, -0.1) is 0 Å². The summed E-state index contributed by atoms with van der Waals surface area (Å²) in [6.07, 6.45) is 0.718. The number of esters is 1. The Balaban J connectivity index is 2.00. The molecule has 1 aromatic rings. The highest BCUT2D eigenvalue weighted by molar-refractivity contribution is 5.87. The molecule has 0 radical (unpaired) electrons. The Morgan fingerprint density at radius 3 is 2.54 bits per heavy atom. The van der Waals surface area contributed by atoms with E-state index >= 15 is 0 Å². The Labute approximate surface area is 163 Å². The molecule has 2 aliphatic rings. The van der Waals surface area contributed by atoms with E-state index in [-0.39, 0.29) is 29.2 Å². The molecule has 1 saturated heterocycles. The second kappa shape index (κ2) is 7.77. The number of amides is 2. The van der Waals surface area contributed by atoms with Crippen molar-refractivity contribution in [3.63, 3.8) is 0 Å². The van der Waals surface area contributed by atoms with E-state index < -0.39 is 24.0 Å². The molecule has 0 spiro atoms. The van der Waals surface area contributed by atoms with Gasteiger partial charge in [-0.05, 0) is 18.4 Å². The summed E-state index contributed by atoms with van der Waals surface area (Å²) >= 11 is 0. The topological polar surface area (TPSA) is 97.7 Å². The van der Waals surface area contributed by atoms with Gasteiger partial charge in [-0.25, -0.2) is 4.79 Å². The number of carbonyl (C=O) groups excluding carboxylic acids is 3. The maximum Gasteiger partial charge on any atom is 0.328 e. The number of pyridine rings is 1. The molecule has 0 aromatic carbocycles. The summed E-state index contributed by atoms with van der Waals surface area (Å²) < 4.78 is 6.35. The molecule has 0 saturated carbocycles. The number of carbonyl (C=O) groups is 3. The van der Waals surface area contributed by atoms with Crippen LogP contribution in [0.5, 0.6) is 0 Å². The number of hydrogen-bond acceptors (Lipinski definition) is 5. The zero-order valence-electron chi connectivity index (χ0n) is 16.7. The molecule has 0 unspecified atom stereocenters. The average molecular weight is 389 g/mol. The zero-order chi connectivity index (χ0) is 20.6. The lowest BCUT2D eigenvalue weighted by Gasteiger charge is -2.46. The van der Waals surface area contributed by atoms with Crippen molar-refractivity contribution < 1.29 is 19.1 Å². The summed E-state index contributed by atoms with van der Waals surface area (Å²) in [6.45, 7) is 6.10. The number of methoxy groups -OCH3 is 1. The van der Waals surface area contributed by atoms with Crippen LogP contribution in [0.1, 0.15) is 44.8 Å². The summed E-state index contributed by atoms with van der Waals surface area (Å²) in [4.78, 5) is 51.7. The van der Waals surface area contributed by atoms with E-state index in [1.807, 2.05) is 19.9 Å². The predicted molar refractivity (Wildman–Crippen MR) is 102 cm³/mol. The number of rotatable bonds is 4. The van der Waals surface area contributed by atoms with Crippen LogP contribution in [0.3, 0.4) is 0 Å². The zero-order valence-corrected chi connectivity index (χ0v) is 16.7. The molecule has 1 N–H and O–H groups in total. The van der Waals surface area contributed by atoms with E-state index in [2.05, 4.69) is 5.32 Å². The van der Waals surface area contributed by atoms with Crippen LogP contribution in [0.25, 0.3) is 0 Å². The Morgan fingerprint density at radius 2 is 1.93 bits per heavy atom. The molecule has 28 heavy (non-hydrogen) atoms. The minimum atomic E-state index is -0.800. The average Bonchev–Trinajstić information content (AvgIpc) is 2.65. The van der Waals surface area contributed by atoms with Gasteiger partial charge in [0.2, 0.25) is 11.8 Å². The quantitative estimate of drug-likeness (QED) is 0.764. The molecule has 4 atom stereocenters. The van der Waals surface area contributed by atoms with Gasteiger partial charge in [-0.3, -0.25) is 19.0 Å². The number of piperidine rings is 1. The van der Waals surface area contributed by atoms with E-state index in [0.717, 1.165) is 12.1 Å². The van der Waals surface area contributed by atoms with E-state index in [9.17, 15) is 19.2 Å². The molecule has 2 bridgehead atoms. The monoisotopic (exact) mass is 389 g/mol. The third-order valence-corrected chi connectivity index (χ3v) is 5.78. The number of fused-ring (bicyclic) bond motifs is 4. The summed E-state index contributed by atoms with van der Waals surface area (Å²) in [7, 11) is 1.28. The molecular formula is C20H27N3O5. The summed E-state index contributed by atoms with van der Waals surface area (Å²) in [5, 5.41) is 2.78. The van der Waals surface area contributed by atoms with Crippen LogP contribution in [0.2, 0.25) is 0 Å². The van der Waals surface area contributed by atoms with Gasteiger partial charge in [-0.1, -0.05) is 19.9 Å². The fourth-order valence-corrected chi connectivity index (χ4v) is 4.39. The minimum absolute atomic E-state index is 0.0158. The summed E-state index contributed by atoms with van der Waals surface area (Å²) in [6, 6.07) is 3.39. The van der Waals surface area contributed by atoms with Crippen LogP contribution in [0.4, 0.5) is 0 Å². The van der Waals surface area contributed by atoms with Crippen molar-refractivity contribution in [1.29, 1.82) is 0 Å². The van der Waals surface area contributed by atoms with Crippen molar-refractivity contribution >= 4 is 17.8 Å². The number of aromatic nitrogens is 1. The van der Waals surface area contributed by atoms with E-state index in [4.69, 9.17) is 4.74 Å². The Kier molecular flexibility index (Phi) is 5.58. The van der Waals surface area contributed by atoms with E-state index in [1.54, 1.807) is 15.5 Å². The first-order valence-corrected chi connectivity index (χ1v) is 9.59. The fraction of sp³-hybridized carbons (Fsp3) is 0.600. The molecule has 3 rings (SSSR count). The molecule has 3 heterocycles. The van der Waals surface area contributed by atoms with Gasteiger partial charge in [0.05, 0.1) is 7.11 Å². The molecule has 152 valence electrons. The number of ether oxygens (including phenoxy) is 1. The predicted octanol–water partition coefficient (Wildman–Crippen LogP) is 0.669. The smallest absolute Gasteiger partial charge is 0.328 e. The molecular weight excluding hydrogens is 362 g/mol. The third kappa shape index (κ3) is 3.55. The van der Waals surface area contributed by atoms with E-state index in [1.165, 1.54) is 20.1 Å². The van der Waals surface area contributed by atoms with Crippen LogP contribution in [0.15, 0.2) is 23.0 Å². The van der Waals surface area contributed by atoms with Gasteiger partial charge in [0.15, 0.2) is 0 Å². The van der Waals surface area contributed by atoms with Gasteiger partial charge >= 0.3 is 5.97 Å². The molecule has 8 nitrogen and oxygen atoms in total. The highest BCUT2D eigenvalue weighted by atomic mass is 16.5. The van der Waals surface area contributed by atoms with Gasteiger partial charge in [0.25, 0.3) is 5.56 Å². The Bertz CT molecular complexity index is 846. The molecule has 2 amide bonds. The van der Waals surface area contributed by atoms with Crippen LogP contribution in [-0.4, -0.2) is 53.5 Å². The summed E-state index contributed by atoms with van der Waals surface area (Å²) in [5.74, 6) is -1.31. The number of nitrogens with one attached hydrogen (secondary N) is 1. The number of likely N-dealkylation sites (tertiary alicyclic amines) is 1. The van der Waals surface area contributed by atoms with E-state index in [0.29, 0.717) is 13.1 Å². The number of nitrogens with zero attached hydrogens (tertiary/aromatic N) is 2. The maximum absolute atomic E-state index is 13.2. The van der Waals surface area contributed by atoms with Gasteiger partial charge < -0.3 is 15.0 Å². The van der Waals surface area contributed by atoms with Gasteiger partial charge in [0, 0.05) is 43.6 Å². The second-order valence-electron chi connectivity index (χ2n) is 7.97. The van der Waals surface area contributed by atoms with Crippen molar-refractivity contribution in [2.45, 2.75) is 45.2 Å². The largest absolute Gasteiger partial charge is 0.467 e. The lowest BCUT2D eigenvalue weighted by atomic mass is 9.78. The molecule has 2 aliphatic heterocycles. The fourth-order valence-electron chi connectivity index (χ4n) is 4.39. The standard InChI is InChI=1S/C20H27N3O5/c1-11(2)17(20(27)28-4)21-19(26)18-14-8-13(9-22(10-14)12(3)24)15-6-5-7-16(25)23(15)18/h5-7,11,13-14,17-18H,8-10H2,1-4H3,(H,21,26)/t13-,14+,17+,18-/m1/s1. The minimum Gasteiger partial charge on any atom is -0.467 e. The molecule has 0 aliphatic carbocycles. The first-order valence-electron chi connectivity index (χ1n) is 9.59. The van der Waals surface area contributed by atoms with Crippen molar-refractivity contribution in [3.8, 4) is 0 Å². The van der Waals surface area contributed by atoms with Crippen LogP contribution in [0, 0.1) is 11.8 Å². The normalized spacial score (nSPS) is 24.3. The van der Waals surface area contributed by atoms with Crippen molar-refractivity contribution in [3.05, 3.63) is 34.2 Å². The highest BCUT2D eigenvalue weighted by Gasteiger charge is 2.45. The Morgan fingerprint density at radius 1 is 1.21 bits per heavy atom. The third-order valence-electron chi connectivity index (χ3n) is 5.78. The lowest BCUT2D eigenvalue weighted by molar-refractivity contribution is -0.147. The Hall–Kier alpha value is -2.64. The van der Waals surface area contributed by atoms with Crippen LogP contribution < -0.4 is 10.9 Å². The molecule has 8 heteroatoms. The molecule has 1 aromatic heterocycles. The van der Waals surface area contributed by atoms with Crippen molar-refractivity contribution in [2.24, 2.45) is 11.8 Å². The van der Waals surface area contributed by atoms with Gasteiger partial charge in [-0.2, -0.15) is 0 Å². The highest BCUT2D eigenvalue weighted by Crippen LogP contribution is 2.41. The lowest BCUT2D eigenvalue weighted by Crippen LogP contribution is -2.56. The first kappa shape index (κ1) is 20.1. The van der Waals surface area contributed by atoms with Crippen molar-refractivity contribution in [2.75, 3.05) is 20.2 Å². The maximum atomic E-state index is 13.2. The second-order valence-corrected chi connectivity index (χ2v) is 7.97. The van der Waals surface area contributed by atoms with Crippen molar-refractivity contribution in [1.82, 2.24) is 14.8 Å². The van der Waals surface area contributed by atoms with Gasteiger partial charge in [0.1, 0.15) is 12.1 Å².